The van der Waals surface area contributed by atoms with Gasteiger partial charge in [-0.25, -0.2) is 9.78 Å². The van der Waals surface area contributed by atoms with Gasteiger partial charge in [0.1, 0.15) is 10.8 Å². The Balaban J connectivity index is 2.39. The summed E-state index contributed by atoms with van der Waals surface area (Å²) in [6.07, 6.45) is 1.26. The summed E-state index contributed by atoms with van der Waals surface area (Å²) in [5, 5.41) is 3.42. The van der Waals surface area contributed by atoms with E-state index >= 15 is 0 Å². The highest BCUT2D eigenvalue weighted by atomic mass is 35.5. The zero-order valence-electron chi connectivity index (χ0n) is 10.6. The van der Waals surface area contributed by atoms with Crippen molar-refractivity contribution < 1.29 is 0 Å². The minimum atomic E-state index is -0.617. The van der Waals surface area contributed by atoms with Crippen LogP contribution in [0.5, 0.6) is 0 Å². The normalized spacial score (nSPS) is 10.6. The second kappa shape index (κ2) is 6.11. The molecule has 8 heteroatoms. The predicted octanol–water partition coefficient (Wildman–Crippen LogP) is 1.72. The molecule has 0 aromatic carbocycles. The lowest BCUT2D eigenvalue weighted by Gasteiger charge is -2.09. The van der Waals surface area contributed by atoms with Crippen molar-refractivity contribution in [2.75, 3.05) is 11.9 Å². The van der Waals surface area contributed by atoms with E-state index in [1.807, 2.05) is 6.92 Å². The Bertz CT molecular complexity index is 739. The monoisotopic (exact) mass is 314 g/mol. The van der Waals surface area contributed by atoms with Crippen LogP contribution >= 0.6 is 23.2 Å². The lowest BCUT2D eigenvalue weighted by molar-refractivity contribution is 0.706. The zero-order valence-corrected chi connectivity index (χ0v) is 12.1. The van der Waals surface area contributed by atoms with Crippen LogP contribution in [0.3, 0.4) is 0 Å². The molecule has 0 unspecified atom stereocenters. The van der Waals surface area contributed by atoms with Gasteiger partial charge in [0.05, 0.1) is 17.3 Å². The van der Waals surface area contributed by atoms with E-state index in [2.05, 4.69) is 15.3 Å². The molecule has 20 heavy (non-hydrogen) atoms. The molecule has 0 aliphatic heterocycles. The third-order valence-electron chi connectivity index (χ3n) is 2.56. The van der Waals surface area contributed by atoms with E-state index in [0.717, 1.165) is 6.54 Å². The topological polar surface area (TPSA) is 79.8 Å². The summed E-state index contributed by atoms with van der Waals surface area (Å²) < 4.78 is 1.24. The number of hydrogen-bond acceptors (Lipinski definition) is 4. The van der Waals surface area contributed by atoms with Crippen LogP contribution in [0.4, 0.5) is 5.82 Å². The fraction of sp³-hybridized carbons (Fsp3) is 0.250. The quantitative estimate of drug-likeness (QED) is 0.900. The van der Waals surface area contributed by atoms with Gasteiger partial charge >= 0.3 is 5.69 Å². The van der Waals surface area contributed by atoms with Gasteiger partial charge < -0.3 is 5.32 Å². The Kier molecular flexibility index (Phi) is 4.46. The Hall–Kier alpha value is -1.79. The van der Waals surface area contributed by atoms with Crippen LogP contribution in [0, 0.1) is 0 Å². The summed E-state index contributed by atoms with van der Waals surface area (Å²) >= 11 is 11.8. The Morgan fingerprint density at radius 2 is 2.05 bits per heavy atom. The van der Waals surface area contributed by atoms with Gasteiger partial charge in [-0.2, -0.15) is 0 Å². The number of hydrogen-bond donors (Lipinski definition) is 2. The van der Waals surface area contributed by atoms with Gasteiger partial charge in [0.25, 0.3) is 5.56 Å². The number of nitrogens with one attached hydrogen (secondary N) is 2. The van der Waals surface area contributed by atoms with E-state index in [1.54, 1.807) is 12.1 Å². The molecule has 0 bridgehead atoms. The molecule has 2 rings (SSSR count). The van der Waals surface area contributed by atoms with Crippen LogP contribution in [0.2, 0.25) is 10.0 Å². The Labute approximate surface area is 124 Å². The van der Waals surface area contributed by atoms with Crippen LogP contribution in [-0.4, -0.2) is 21.1 Å². The highest BCUT2D eigenvalue weighted by Crippen LogP contribution is 2.17. The first kappa shape index (κ1) is 14.6. The number of nitrogens with zero attached hydrogens (tertiary/aromatic N) is 2. The van der Waals surface area contributed by atoms with Crippen molar-refractivity contribution in [3.63, 3.8) is 0 Å². The molecule has 2 aromatic rings. The zero-order chi connectivity index (χ0) is 14.7. The molecule has 6 nitrogen and oxygen atoms in total. The SMILES string of the molecule is CCNc1ccc(Cl)c(Cn2cc(Cl)c(=O)[nH]c2=O)n1. The maximum atomic E-state index is 11.7. The van der Waals surface area contributed by atoms with Gasteiger partial charge in [0.15, 0.2) is 0 Å². The predicted molar refractivity (Wildman–Crippen MR) is 78.8 cm³/mol. The molecule has 0 spiro atoms. The van der Waals surface area contributed by atoms with E-state index in [0.29, 0.717) is 16.5 Å². The highest BCUT2D eigenvalue weighted by Gasteiger charge is 2.08. The van der Waals surface area contributed by atoms with E-state index in [4.69, 9.17) is 23.2 Å². The van der Waals surface area contributed by atoms with E-state index < -0.39 is 11.2 Å². The van der Waals surface area contributed by atoms with Crippen LogP contribution in [0.15, 0.2) is 27.9 Å². The molecule has 0 atom stereocenters. The van der Waals surface area contributed by atoms with Gasteiger partial charge in [-0.3, -0.25) is 14.3 Å². The smallest absolute Gasteiger partial charge is 0.328 e. The second-order valence-electron chi connectivity index (χ2n) is 4.02. The van der Waals surface area contributed by atoms with Crippen molar-refractivity contribution >= 4 is 29.0 Å². The Morgan fingerprint density at radius 1 is 1.30 bits per heavy atom. The first-order valence-electron chi connectivity index (χ1n) is 5.90. The molecular weight excluding hydrogens is 303 g/mol. The number of halogens is 2. The minimum Gasteiger partial charge on any atom is -0.370 e. The number of aromatic amines is 1. The molecule has 2 N–H and O–H groups in total. The van der Waals surface area contributed by atoms with E-state index in [9.17, 15) is 9.59 Å². The fourth-order valence-corrected chi connectivity index (χ4v) is 1.97. The molecule has 0 fully saturated rings. The largest absolute Gasteiger partial charge is 0.370 e. The van der Waals surface area contributed by atoms with Gasteiger partial charge in [0.2, 0.25) is 0 Å². The third-order valence-corrected chi connectivity index (χ3v) is 3.18. The molecule has 0 aliphatic carbocycles. The van der Waals surface area contributed by atoms with E-state index in [-0.39, 0.29) is 11.6 Å². The first-order valence-corrected chi connectivity index (χ1v) is 6.65. The van der Waals surface area contributed by atoms with Gasteiger partial charge in [0, 0.05) is 12.7 Å². The standard InChI is InChI=1S/C12H12Cl2N4O2/c1-2-15-10-4-3-7(13)9(16-10)6-18-5-8(14)11(19)17-12(18)20/h3-5H,2,6H2,1H3,(H,15,16)(H,17,19,20). The van der Waals surface area contributed by atoms with Crippen molar-refractivity contribution in [1.82, 2.24) is 14.5 Å². The van der Waals surface area contributed by atoms with Crippen LogP contribution in [0.1, 0.15) is 12.6 Å². The second-order valence-corrected chi connectivity index (χ2v) is 4.83. The molecule has 2 aromatic heterocycles. The van der Waals surface area contributed by atoms with Crippen molar-refractivity contribution in [2.24, 2.45) is 0 Å². The minimum absolute atomic E-state index is 0.0661. The number of H-pyrrole nitrogens is 1. The molecule has 106 valence electrons. The lowest BCUT2D eigenvalue weighted by Crippen LogP contribution is -2.30. The molecule has 2 heterocycles. The molecule has 0 saturated heterocycles. The van der Waals surface area contributed by atoms with Crippen molar-refractivity contribution in [2.45, 2.75) is 13.5 Å². The fourth-order valence-electron chi connectivity index (χ4n) is 1.64. The Morgan fingerprint density at radius 3 is 2.75 bits per heavy atom. The number of anilines is 1. The molecule has 0 radical (unpaired) electrons. The van der Waals surface area contributed by atoms with Gasteiger partial charge in [-0.1, -0.05) is 23.2 Å². The summed E-state index contributed by atoms with van der Waals surface area (Å²) in [5.74, 6) is 0.662. The van der Waals surface area contributed by atoms with Crippen LogP contribution in [0.25, 0.3) is 0 Å². The first-order chi connectivity index (χ1) is 9.51. The van der Waals surface area contributed by atoms with Crippen molar-refractivity contribution in [3.05, 3.63) is 54.9 Å². The maximum Gasteiger partial charge on any atom is 0.328 e. The van der Waals surface area contributed by atoms with Gasteiger partial charge in [-0.15, -0.1) is 0 Å². The van der Waals surface area contributed by atoms with Crippen LogP contribution < -0.4 is 16.6 Å². The van der Waals surface area contributed by atoms with Crippen LogP contribution in [-0.2, 0) is 6.54 Å². The number of aromatic nitrogens is 3. The average molecular weight is 315 g/mol. The molecule has 0 amide bonds. The van der Waals surface area contributed by atoms with Gasteiger partial charge in [-0.05, 0) is 19.1 Å². The summed E-state index contributed by atoms with van der Waals surface area (Å²) in [6.45, 7) is 2.79. The van der Waals surface area contributed by atoms with E-state index in [1.165, 1.54) is 10.8 Å². The number of rotatable bonds is 4. The summed E-state index contributed by atoms with van der Waals surface area (Å²) in [5.41, 5.74) is -0.671. The van der Waals surface area contributed by atoms with Crippen molar-refractivity contribution in [3.8, 4) is 0 Å². The molecular formula is C12H12Cl2N4O2. The molecule has 0 saturated carbocycles. The molecule has 0 aliphatic rings. The third kappa shape index (κ3) is 3.20. The summed E-state index contributed by atoms with van der Waals surface area (Å²) in [7, 11) is 0. The highest BCUT2D eigenvalue weighted by molar-refractivity contribution is 6.31. The summed E-state index contributed by atoms with van der Waals surface area (Å²) in [4.78, 5) is 29.3. The lowest BCUT2D eigenvalue weighted by atomic mass is 10.3. The average Bonchev–Trinajstić information content (AvgIpc) is 2.40. The number of pyridine rings is 1. The van der Waals surface area contributed by atoms with Crippen molar-refractivity contribution in [1.29, 1.82) is 0 Å². The maximum absolute atomic E-state index is 11.7. The summed E-state index contributed by atoms with van der Waals surface area (Å²) in [6, 6.07) is 3.44.